The lowest BCUT2D eigenvalue weighted by Crippen LogP contribution is -2.35. The Hall–Kier alpha value is -1.14. The number of hydrogen-bond donors (Lipinski definition) is 4. The van der Waals surface area contributed by atoms with Crippen molar-refractivity contribution in [2.75, 3.05) is 13.1 Å². The molecule has 4 N–H and O–H groups in total. The zero-order chi connectivity index (χ0) is 12.6. The van der Waals surface area contributed by atoms with Crippen molar-refractivity contribution in [3.8, 4) is 0 Å². The highest BCUT2D eigenvalue weighted by atomic mass is 16.3. The van der Waals surface area contributed by atoms with E-state index >= 15 is 0 Å². The summed E-state index contributed by atoms with van der Waals surface area (Å²) in [5, 5.41) is 22.8. The molecule has 2 atom stereocenters. The number of aliphatic hydroxyl groups is 2. The van der Waals surface area contributed by atoms with Crippen molar-refractivity contribution in [2.24, 2.45) is 0 Å². The molecule has 0 aliphatic carbocycles. The minimum absolute atomic E-state index is 0.395. The third-order valence-electron chi connectivity index (χ3n) is 1.96. The highest BCUT2D eigenvalue weighted by Crippen LogP contribution is 1.87. The van der Waals surface area contributed by atoms with Gasteiger partial charge in [-0.2, -0.15) is 0 Å². The third kappa shape index (κ3) is 7.19. The van der Waals surface area contributed by atoms with Crippen LogP contribution in [0.25, 0.3) is 0 Å². The van der Waals surface area contributed by atoms with Crippen molar-refractivity contribution >= 4 is 11.8 Å². The van der Waals surface area contributed by atoms with Crippen LogP contribution in [0, 0.1) is 0 Å². The number of carbonyl (C=O) groups is 2. The van der Waals surface area contributed by atoms with E-state index in [1.165, 1.54) is 13.8 Å². The Balaban J connectivity index is 3.35. The smallest absolute Gasteiger partial charge is 0.248 e. The molecule has 0 aromatic rings. The molecule has 0 saturated carbocycles. The molecule has 0 heterocycles. The van der Waals surface area contributed by atoms with Crippen molar-refractivity contribution < 1.29 is 19.8 Å². The Morgan fingerprint density at radius 2 is 1.25 bits per heavy atom. The molecule has 0 rings (SSSR count). The standard InChI is InChI=1S/C10H20N2O4/c1-7(13)9(15)11-5-3-4-6-12-10(16)8(2)14/h7-8,13-14H,3-6H2,1-2H3,(H,11,15)(H,12,16). The molecular weight excluding hydrogens is 212 g/mol. The summed E-state index contributed by atoms with van der Waals surface area (Å²) >= 11 is 0. The maximum atomic E-state index is 10.9. The van der Waals surface area contributed by atoms with Crippen LogP contribution in [0.2, 0.25) is 0 Å². The summed E-state index contributed by atoms with van der Waals surface area (Å²) in [4.78, 5) is 21.8. The molecule has 6 heteroatoms. The quantitative estimate of drug-likeness (QED) is 0.413. The van der Waals surface area contributed by atoms with Gasteiger partial charge < -0.3 is 20.8 Å². The molecule has 0 aromatic heterocycles. The first-order valence-corrected chi connectivity index (χ1v) is 5.36. The Labute approximate surface area is 95.0 Å². The van der Waals surface area contributed by atoms with Gasteiger partial charge in [0, 0.05) is 13.1 Å². The highest BCUT2D eigenvalue weighted by molar-refractivity contribution is 5.80. The van der Waals surface area contributed by atoms with Crippen molar-refractivity contribution in [3.05, 3.63) is 0 Å². The predicted molar refractivity (Wildman–Crippen MR) is 58.6 cm³/mol. The second kappa shape index (κ2) is 8.06. The molecule has 94 valence electrons. The lowest BCUT2D eigenvalue weighted by Gasteiger charge is -2.08. The van der Waals surface area contributed by atoms with Gasteiger partial charge in [0.05, 0.1) is 0 Å². The Morgan fingerprint density at radius 1 is 0.938 bits per heavy atom. The summed E-state index contributed by atoms with van der Waals surface area (Å²) in [6, 6.07) is 0. The molecule has 0 spiro atoms. The number of aliphatic hydroxyl groups excluding tert-OH is 2. The summed E-state index contributed by atoms with van der Waals surface area (Å²) in [6.07, 6.45) is -0.568. The molecule has 0 saturated heterocycles. The number of amides is 2. The van der Waals surface area contributed by atoms with Gasteiger partial charge in [-0.05, 0) is 26.7 Å². The van der Waals surface area contributed by atoms with Gasteiger partial charge in [-0.25, -0.2) is 0 Å². The van der Waals surface area contributed by atoms with Crippen LogP contribution < -0.4 is 10.6 Å². The van der Waals surface area contributed by atoms with E-state index in [0.717, 1.165) is 0 Å². The molecule has 2 amide bonds. The van der Waals surface area contributed by atoms with Crippen molar-refractivity contribution in [2.45, 2.75) is 38.9 Å². The Morgan fingerprint density at radius 3 is 1.50 bits per heavy atom. The van der Waals surface area contributed by atoms with E-state index in [0.29, 0.717) is 25.9 Å². The van der Waals surface area contributed by atoms with Crippen LogP contribution in [-0.2, 0) is 9.59 Å². The number of unbranched alkanes of at least 4 members (excludes halogenated alkanes) is 1. The molecule has 0 aromatic carbocycles. The van der Waals surface area contributed by atoms with Crippen LogP contribution >= 0.6 is 0 Å². The van der Waals surface area contributed by atoms with Gasteiger partial charge in [-0.3, -0.25) is 9.59 Å². The van der Waals surface area contributed by atoms with Crippen LogP contribution in [0.4, 0.5) is 0 Å². The molecule has 6 nitrogen and oxygen atoms in total. The van der Waals surface area contributed by atoms with E-state index < -0.39 is 24.0 Å². The molecule has 0 aliphatic heterocycles. The summed E-state index contributed by atoms with van der Waals surface area (Å²) in [6.45, 7) is 3.74. The predicted octanol–water partition coefficient (Wildman–Crippen LogP) is -1.24. The third-order valence-corrected chi connectivity index (χ3v) is 1.96. The average molecular weight is 232 g/mol. The average Bonchev–Trinajstić information content (AvgIpc) is 2.21. The maximum absolute atomic E-state index is 10.9. The normalized spacial score (nSPS) is 14.0. The van der Waals surface area contributed by atoms with E-state index in [1.807, 2.05) is 0 Å². The first kappa shape index (κ1) is 14.9. The van der Waals surface area contributed by atoms with Gasteiger partial charge >= 0.3 is 0 Å². The van der Waals surface area contributed by atoms with E-state index in [1.54, 1.807) is 0 Å². The second-order valence-electron chi connectivity index (χ2n) is 3.64. The number of nitrogens with one attached hydrogen (secondary N) is 2. The molecule has 16 heavy (non-hydrogen) atoms. The summed E-state index contributed by atoms with van der Waals surface area (Å²) < 4.78 is 0. The number of hydrogen-bond acceptors (Lipinski definition) is 4. The summed E-state index contributed by atoms with van der Waals surface area (Å²) in [5.41, 5.74) is 0. The van der Waals surface area contributed by atoms with Crippen molar-refractivity contribution in [3.63, 3.8) is 0 Å². The van der Waals surface area contributed by atoms with Crippen LogP contribution in [0.1, 0.15) is 26.7 Å². The maximum Gasteiger partial charge on any atom is 0.248 e. The van der Waals surface area contributed by atoms with Crippen LogP contribution in [0.5, 0.6) is 0 Å². The van der Waals surface area contributed by atoms with Gasteiger partial charge in [-0.1, -0.05) is 0 Å². The van der Waals surface area contributed by atoms with Crippen molar-refractivity contribution in [1.29, 1.82) is 0 Å². The topological polar surface area (TPSA) is 98.7 Å². The fraction of sp³-hybridized carbons (Fsp3) is 0.800. The first-order valence-electron chi connectivity index (χ1n) is 5.36. The minimum Gasteiger partial charge on any atom is -0.384 e. The highest BCUT2D eigenvalue weighted by Gasteiger charge is 2.08. The van der Waals surface area contributed by atoms with E-state index in [9.17, 15) is 9.59 Å². The van der Waals surface area contributed by atoms with Crippen LogP contribution in [0.15, 0.2) is 0 Å². The molecular formula is C10H20N2O4. The molecule has 0 fully saturated rings. The van der Waals surface area contributed by atoms with Gasteiger partial charge in [0.15, 0.2) is 0 Å². The Bertz CT molecular complexity index is 205. The fourth-order valence-electron chi connectivity index (χ4n) is 0.969. The van der Waals surface area contributed by atoms with Gasteiger partial charge in [0.1, 0.15) is 12.2 Å². The largest absolute Gasteiger partial charge is 0.384 e. The zero-order valence-electron chi connectivity index (χ0n) is 9.69. The fourth-order valence-corrected chi connectivity index (χ4v) is 0.969. The van der Waals surface area contributed by atoms with E-state index in [-0.39, 0.29) is 0 Å². The summed E-state index contributed by atoms with van der Waals surface area (Å²) in [5.74, 6) is -0.791. The van der Waals surface area contributed by atoms with Crippen LogP contribution in [0.3, 0.4) is 0 Å². The van der Waals surface area contributed by atoms with Crippen molar-refractivity contribution in [1.82, 2.24) is 10.6 Å². The minimum atomic E-state index is -0.991. The first-order chi connectivity index (χ1) is 7.45. The molecule has 0 radical (unpaired) electrons. The summed E-state index contributed by atoms with van der Waals surface area (Å²) in [7, 11) is 0. The molecule has 0 aliphatic rings. The van der Waals surface area contributed by atoms with Gasteiger partial charge in [0.25, 0.3) is 0 Å². The van der Waals surface area contributed by atoms with Crippen LogP contribution in [-0.4, -0.2) is 47.3 Å². The zero-order valence-corrected chi connectivity index (χ0v) is 9.69. The lowest BCUT2D eigenvalue weighted by molar-refractivity contribution is -0.129. The SMILES string of the molecule is CC(O)C(=O)NCCCCNC(=O)C(C)O. The number of carbonyl (C=O) groups excluding carboxylic acids is 2. The Kier molecular flexibility index (Phi) is 7.49. The van der Waals surface area contributed by atoms with Gasteiger partial charge in [-0.15, -0.1) is 0 Å². The molecule has 0 bridgehead atoms. The van der Waals surface area contributed by atoms with Gasteiger partial charge in [0.2, 0.25) is 11.8 Å². The molecule has 2 unspecified atom stereocenters. The monoisotopic (exact) mass is 232 g/mol. The lowest BCUT2D eigenvalue weighted by atomic mass is 10.3. The number of rotatable bonds is 7. The van der Waals surface area contributed by atoms with E-state index in [2.05, 4.69) is 10.6 Å². The second-order valence-corrected chi connectivity index (χ2v) is 3.64. The van der Waals surface area contributed by atoms with E-state index in [4.69, 9.17) is 10.2 Å².